The molecule has 17 heavy (non-hydrogen) atoms. The molecule has 1 N–H and O–H groups in total. The number of benzene rings is 1. The number of aryl methyl sites for hydroxylation is 2. The molecule has 1 saturated heterocycles. The predicted molar refractivity (Wildman–Crippen MR) is 64.3 cm³/mol. The van der Waals surface area contributed by atoms with Gasteiger partial charge in [0.2, 0.25) is 0 Å². The van der Waals surface area contributed by atoms with Crippen molar-refractivity contribution in [1.82, 2.24) is 0 Å². The fraction of sp³-hybridized carbons (Fsp3) is 0.571. The minimum absolute atomic E-state index is 0.211. The number of rotatable bonds is 2. The van der Waals surface area contributed by atoms with E-state index >= 15 is 0 Å². The number of ether oxygens (including phenoxy) is 2. The van der Waals surface area contributed by atoms with E-state index in [4.69, 9.17) is 9.47 Å². The van der Waals surface area contributed by atoms with Gasteiger partial charge in [-0.3, -0.25) is 0 Å². The Kier molecular flexibility index (Phi) is 3.04. The standard InChI is InChI=1S/C14H18O3/c15-13-8-16-9-14(13)17-12-6-5-10-3-1-2-4-11(10)7-12/h5-7,13-15H,1-4,8-9H2/t13-,14-/m1/s1. The maximum absolute atomic E-state index is 9.64. The molecule has 1 heterocycles. The third-order valence-corrected chi connectivity index (χ3v) is 3.61. The largest absolute Gasteiger partial charge is 0.485 e. The zero-order valence-corrected chi connectivity index (χ0v) is 9.89. The van der Waals surface area contributed by atoms with Crippen LogP contribution in [0.5, 0.6) is 5.75 Å². The maximum atomic E-state index is 9.64. The Morgan fingerprint density at radius 2 is 1.94 bits per heavy atom. The van der Waals surface area contributed by atoms with Crippen molar-refractivity contribution in [2.75, 3.05) is 13.2 Å². The quantitative estimate of drug-likeness (QED) is 0.846. The molecule has 2 atom stereocenters. The van der Waals surface area contributed by atoms with Gasteiger partial charge in [-0.2, -0.15) is 0 Å². The number of aliphatic hydroxyl groups is 1. The molecule has 0 unspecified atom stereocenters. The van der Waals surface area contributed by atoms with Crippen LogP contribution < -0.4 is 4.74 Å². The second kappa shape index (κ2) is 4.67. The van der Waals surface area contributed by atoms with Crippen LogP contribution in [0.1, 0.15) is 24.0 Å². The molecule has 92 valence electrons. The van der Waals surface area contributed by atoms with E-state index < -0.39 is 6.10 Å². The molecular formula is C14H18O3. The third kappa shape index (κ3) is 2.31. The first-order chi connectivity index (χ1) is 8.33. The highest BCUT2D eigenvalue weighted by atomic mass is 16.6. The van der Waals surface area contributed by atoms with Crippen LogP contribution in [-0.2, 0) is 17.6 Å². The van der Waals surface area contributed by atoms with Crippen molar-refractivity contribution in [1.29, 1.82) is 0 Å². The molecule has 0 saturated carbocycles. The van der Waals surface area contributed by atoms with E-state index in [-0.39, 0.29) is 6.10 Å². The third-order valence-electron chi connectivity index (χ3n) is 3.61. The predicted octanol–water partition coefficient (Wildman–Crippen LogP) is 1.70. The van der Waals surface area contributed by atoms with Crippen molar-refractivity contribution in [3.05, 3.63) is 29.3 Å². The molecule has 1 aromatic carbocycles. The van der Waals surface area contributed by atoms with E-state index in [0.29, 0.717) is 13.2 Å². The van der Waals surface area contributed by atoms with Gasteiger partial charge in [-0.15, -0.1) is 0 Å². The summed E-state index contributed by atoms with van der Waals surface area (Å²) in [5.41, 5.74) is 2.86. The van der Waals surface area contributed by atoms with Gasteiger partial charge in [-0.1, -0.05) is 6.07 Å². The average Bonchev–Trinajstić information content (AvgIpc) is 2.75. The first-order valence-corrected chi connectivity index (χ1v) is 6.37. The Bertz CT molecular complexity index is 402. The Morgan fingerprint density at radius 3 is 2.71 bits per heavy atom. The monoisotopic (exact) mass is 234 g/mol. The summed E-state index contributed by atoms with van der Waals surface area (Å²) < 4.78 is 11.0. The average molecular weight is 234 g/mol. The van der Waals surface area contributed by atoms with E-state index in [9.17, 15) is 5.11 Å². The van der Waals surface area contributed by atoms with Gasteiger partial charge in [-0.05, 0) is 48.9 Å². The maximum Gasteiger partial charge on any atom is 0.150 e. The van der Waals surface area contributed by atoms with Crippen LogP contribution in [0.25, 0.3) is 0 Å². The summed E-state index contributed by atoms with van der Waals surface area (Å²) in [5.74, 6) is 0.861. The van der Waals surface area contributed by atoms with Crippen LogP contribution in [0.4, 0.5) is 0 Å². The molecule has 2 aliphatic rings. The first kappa shape index (κ1) is 11.1. The van der Waals surface area contributed by atoms with Crippen LogP contribution in [0.15, 0.2) is 18.2 Å². The van der Waals surface area contributed by atoms with Crippen LogP contribution >= 0.6 is 0 Å². The molecule has 3 heteroatoms. The lowest BCUT2D eigenvalue weighted by Gasteiger charge is -2.19. The molecule has 0 amide bonds. The van der Waals surface area contributed by atoms with Gasteiger partial charge >= 0.3 is 0 Å². The number of aliphatic hydroxyl groups excluding tert-OH is 1. The van der Waals surface area contributed by atoms with Crippen LogP contribution in [0, 0.1) is 0 Å². The molecule has 0 radical (unpaired) electrons. The lowest BCUT2D eigenvalue weighted by Crippen LogP contribution is -2.29. The van der Waals surface area contributed by atoms with Gasteiger partial charge in [0.15, 0.2) is 0 Å². The van der Waals surface area contributed by atoms with E-state index in [2.05, 4.69) is 12.1 Å². The Hall–Kier alpha value is -1.06. The molecular weight excluding hydrogens is 216 g/mol. The molecule has 3 rings (SSSR count). The highest BCUT2D eigenvalue weighted by Crippen LogP contribution is 2.26. The smallest absolute Gasteiger partial charge is 0.150 e. The highest BCUT2D eigenvalue weighted by molar-refractivity contribution is 5.37. The lowest BCUT2D eigenvalue weighted by atomic mass is 9.92. The molecule has 1 aliphatic carbocycles. The fourth-order valence-corrected chi connectivity index (χ4v) is 2.59. The van der Waals surface area contributed by atoms with E-state index in [1.54, 1.807) is 0 Å². The minimum atomic E-state index is -0.494. The van der Waals surface area contributed by atoms with Crippen molar-refractivity contribution in [3.8, 4) is 5.75 Å². The first-order valence-electron chi connectivity index (χ1n) is 6.37. The van der Waals surface area contributed by atoms with Gasteiger partial charge in [0.05, 0.1) is 13.2 Å². The Morgan fingerprint density at radius 1 is 1.12 bits per heavy atom. The number of fused-ring (bicyclic) bond motifs is 1. The molecule has 0 spiro atoms. The van der Waals surface area contributed by atoms with Crippen molar-refractivity contribution >= 4 is 0 Å². The summed E-state index contributed by atoms with van der Waals surface area (Å²) in [7, 11) is 0. The summed E-state index contributed by atoms with van der Waals surface area (Å²) in [6.07, 6.45) is 4.19. The van der Waals surface area contributed by atoms with Crippen molar-refractivity contribution in [2.24, 2.45) is 0 Å². The summed E-state index contributed by atoms with van der Waals surface area (Å²) in [4.78, 5) is 0. The lowest BCUT2D eigenvalue weighted by molar-refractivity contribution is 0.0733. The second-order valence-corrected chi connectivity index (χ2v) is 4.90. The summed E-state index contributed by atoms with van der Waals surface area (Å²) in [6, 6.07) is 6.29. The van der Waals surface area contributed by atoms with Gasteiger partial charge in [0.1, 0.15) is 18.0 Å². The van der Waals surface area contributed by atoms with Crippen molar-refractivity contribution < 1.29 is 14.6 Å². The van der Waals surface area contributed by atoms with E-state index in [1.165, 1.54) is 30.4 Å². The van der Waals surface area contributed by atoms with Gasteiger partial charge in [-0.25, -0.2) is 0 Å². The second-order valence-electron chi connectivity index (χ2n) is 4.90. The zero-order valence-electron chi connectivity index (χ0n) is 9.89. The van der Waals surface area contributed by atoms with Crippen molar-refractivity contribution in [2.45, 2.75) is 37.9 Å². The van der Waals surface area contributed by atoms with Crippen LogP contribution in [-0.4, -0.2) is 30.5 Å². The molecule has 1 aromatic rings. The van der Waals surface area contributed by atoms with Crippen LogP contribution in [0.2, 0.25) is 0 Å². The molecule has 0 bridgehead atoms. The number of hydrogen-bond donors (Lipinski definition) is 1. The molecule has 0 aromatic heterocycles. The highest BCUT2D eigenvalue weighted by Gasteiger charge is 2.28. The molecule has 1 aliphatic heterocycles. The zero-order chi connectivity index (χ0) is 11.7. The summed E-state index contributed by atoms with van der Waals surface area (Å²) in [6.45, 7) is 0.869. The topological polar surface area (TPSA) is 38.7 Å². The van der Waals surface area contributed by atoms with Gasteiger partial charge in [0.25, 0.3) is 0 Å². The van der Waals surface area contributed by atoms with Crippen LogP contribution in [0.3, 0.4) is 0 Å². The number of hydrogen-bond acceptors (Lipinski definition) is 3. The van der Waals surface area contributed by atoms with E-state index in [0.717, 1.165) is 12.2 Å². The summed E-state index contributed by atoms with van der Waals surface area (Å²) >= 11 is 0. The fourth-order valence-electron chi connectivity index (χ4n) is 2.59. The SMILES string of the molecule is O[C@@H]1COC[C@H]1Oc1ccc2c(c1)CCCC2. The summed E-state index contributed by atoms with van der Waals surface area (Å²) in [5, 5.41) is 9.64. The molecule has 1 fully saturated rings. The van der Waals surface area contributed by atoms with Gasteiger partial charge in [0, 0.05) is 0 Å². The Balaban J connectivity index is 1.75. The molecule has 3 nitrogen and oxygen atoms in total. The Labute approximate surface area is 101 Å². The van der Waals surface area contributed by atoms with Crippen molar-refractivity contribution in [3.63, 3.8) is 0 Å². The van der Waals surface area contributed by atoms with Gasteiger partial charge < -0.3 is 14.6 Å². The van der Waals surface area contributed by atoms with E-state index in [1.807, 2.05) is 6.07 Å². The normalized spacial score (nSPS) is 27.8. The minimum Gasteiger partial charge on any atom is -0.485 e.